The third kappa shape index (κ3) is 4.45. The second-order valence-electron chi connectivity index (χ2n) is 6.61. The monoisotopic (exact) mass is 448 g/mol. The van der Waals surface area contributed by atoms with Gasteiger partial charge in [0.05, 0.1) is 32.5 Å². The summed E-state index contributed by atoms with van der Waals surface area (Å²) in [6.45, 7) is 0. The van der Waals surface area contributed by atoms with E-state index in [0.29, 0.717) is 28.8 Å². The fraction of sp³-hybridized carbons (Fsp3) is 0.125. The molecule has 1 heterocycles. The summed E-state index contributed by atoms with van der Waals surface area (Å²) in [5.74, 6) is 1.70. The van der Waals surface area contributed by atoms with Crippen LogP contribution in [0.1, 0.15) is 10.4 Å². The fourth-order valence-corrected chi connectivity index (χ4v) is 4.00. The molecule has 0 aliphatic rings. The Morgan fingerprint density at radius 1 is 0.906 bits per heavy atom. The fourth-order valence-electron chi connectivity index (χ4n) is 3.06. The van der Waals surface area contributed by atoms with Crippen LogP contribution >= 0.6 is 11.8 Å². The number of nitrogens with zero attached hydrogens (tertiary/aromatic N) is 2. The van der Waals surface area contributed by atoms with E-state index in [1.54, 1.807) is 38.5 Å². The summed E-state index contributed by atoms with van der Waals surface area (Å²) in [7, 11) is 4.53. The lowest BCUT2D eigenvalue weighted by Crippen LogP contribution is -2.00. The standard InChI is InChI=1S/C24H20N2O5S/c1-28-19-13-10-16(14-20(19)29-2)22-25-23(31-26-22)18-6-4-5-7-21(18)32-17-11-8-15(9-12-17)24(27)30-3/h4-14H,1-3H3. The summed E-state index contributed by atoms with van der Waals surface area (Å²) in [5, 5.41) is 4.14. The topological polar surface area (TPSA) is 83.7 Å². The van der Waals surface area contributed by atoms with Crippen molar-refractivity contribution in [1.29, 1.82) is 0 Å². The van der Waals surface area contributed by atoms with Gasteiger partial charge in [0.2, 0.25) is 5.82 Å². The van der Waals surface area contributed by atoms with Gasteiger partial charge in [-0.1, -0.05) is 29.1 Å². The van der Waals surface area contributed by atoms with Crippen molar-refractivity contribution in [2.75, 3.05) is 21.3 Å². The van der Waals surface area contributed by atoms with Crippen LogP contribution in [-0.2, 0) is 4.74 Å². The first-order valence-corrected chi connectivity index (χ1v) is 10.5. The Morgan fingerprint density at radius 2 is 1.66 bits per heavy atom. The SMILES string of the molecule is COC(=O)c1ccc(Sc2ccccc2-c2nc(-c3ccc(OC)c(OC)c3)no2)cc1. The Hall–Kier alpha value is -3.78. The van der Waals surface area contributed by atoms with Gasteiger partial charge in [0.15, 0.2) is 11.5 Å². The van der Waals surface area contributed by atoms with Crippen LogP contribution in [0, 0.1) is 0 Å². The van der Waals surface area contributed by atoms with E-state index < -0.39 is 0 Å². The average Bonchev–Trinajstić information content (AvgIpc) is 3.34. The third-order valence-electron chi connectivity index (χ3n) is 4.69. The van der Waals surface area contributed by atoms with Crippen molar-refractivity contribution in [3.05, 3.63) is 72.3 Å². The van der Waals surface area contributed by atoms with Crippen LogP contribution in [0.3, 0.4) is 0 Å². The molecule has 0 bridgehead atoms. The molecule has 0 saturated heterocycles. The van der Waals surface area contributed by atoms with E-state index in [4.69, 9.17) is 18.7 Å². The summed E-state index contributed by atoms with van der Waals surface area (Å²) in [6.07, 6.45) is 0. The number of rotatable bonds is 7. The summed E-state index contributed by atoms with van der Waals surface area (Å²) in [6, 6.07) is 20.4. The highest BCUT2D eigenvalue weighted by Gasteiger charge is 2.16. The van der Waals surface area contributed by atoms with Crippen LogP contribution in [0.4, 0.5) is 0 Å². The lowest BCUT2D eigenvalue weighted by atomic mass is 10.2. The van der Waals surface area contributed by atoms with E-state index in [1.165, 1.54) is 18.9 Å². The maximum atomic E-state index is 11.6. The Labute approximate surface area is 189 Å². The molecule has 0 N–H and O–H groups in total. The largest absolute Gasteiger partial charge is 0.493 e. The van der Waals surface area contributed by atoms with Gasteiger partial charge in [-0.25, -0.2) is 4.79 Å². The van der Waals surface area contributed by atoms with Gasteiger partial charge in [-0.2, -0.15) is 4.98 Å². The molecule has 4 aromatic rings. The first-order chi connectivity index (χ1) is 15.6. The van der Waals surface area contributed by atoms with E-state index in [0.717, 1.165) is 20.9 Å². The molecule has 0 unspecified atom stereocenters. The van der Waals surface area contributed by atoms with Crippen LogP contribution in [0.25, 0.3) is 22.8 Å². The summed E-state index contributed by atoms with van der Waals surface area (Å²) in [5.41, 5.74) is 2.07. The molecule has 7 nitrogen and oxygen atoms in total. The van der Waals surface area contributed by atoms with E-state index in [2.05, 4.69) is 10.1 Å². The van der Waals surface area contributed by atoms with Gasteiger partial charge >= 0.3 is 5.97 Å². The van der Waals surface area contributed by atoms with Crippen molar-refractivity contribution in [3.63, 3.8) is 0 Å². The zero-order chi connectivity index (χ0) is 22.5. The Morgan fingerprint density at radius 3 is 2.38 bits per heavy atom. The van der Waals surface area contributed by atoms with Gasteiger partial charge in [0.25, 0.3) is 5.89 Å². The number of aromatic nitrogens is 2. The molecule has 0 radical (unpaired) electrons. The molecule has 8 heteroatoms. The van der Waals surface area contributed by atoms with Crippen molar-refractivity contribution in [2.24, 2.45) is 0 Å². The number of hydrogen-bond acceptors (Lipinski definition) is 8. The molecule has 0 spiro atoms. The lowest BCUT2D eigenvalue weighted by molar-refractivity contribution is 0.0600. The molecule has 0 fully saturated rings. The molecular formula is C24H20N2O5S. The summed E-state index contributed by atoms with van der Waals surface area (Å²) < 4.78 is 21.0. The molecular weight excluding hydrogens is 428 g/mol. The van der Waals surface area contributed by atoms with Gasteiger partial charge in [-0.05, 0) is 54.6 Å². The molecule has 0 aliphatic carbocycles. The maximum Gasteiger partial charge on any atom is 0.337 e. The van der Waals surface area contributed by atoms with E-state index in [-0.39, 0.29) is 5.97 Å². The van der Waals surface area contributed by atoms with Crippen molar-refractivity contribution in [2.45, 2.75) is 9.79 Å². The van der Waals surface area contributed by atoms with Gasteiger partial charge in [-0.3, -0.25) is 0 Å². The molecule has 3 aromatic carbocycles. The summed E-state index contributed by atoms with van der Waals surface area (Å²) >= 11 is 1.54. The quantitative estimate of drug-likeness (QED) is 0.350. The van der Waals surface area contributed by atoms with E-state index in [9.17, 15) is 4.79 Å². The zero-order valence-electron chi connectivity index (χ0n) is 17.7. The lowest BCUT2D eigenvalue weighted by Gasteiger charge is -2.07. The molecule has 0 saturated carbocycles. The number of esters is 1. The second-order valence-corrected chi connectivity index (χ2v) is 7.72. The Kier molecular flexibility index (Phi) is 6.42. The summed E-state index contributed by atoms with van der Waals surface area (Å²) in [4.78, 5) is 18.1. The van der Waals surface area contributed by atoms with Crippen molar-refractivity contribution >= 4 is 17.7 Å². The minimum atomic E-state index is -0.365. The average molecular weight is 449 g/mol. The normalized spacial score (nSPS) is 10.6. The molecule has 162 valence electrons. The van der Waals surface area contributed by atoms with Gasteiger partial charge < -0.3 is 18.7 Å². The Balaban J connectivity index is 1.61. The predicted octanol–water partition coefficient (Wildman–Crippen LogP) is 5.36. The van der Waals surface area contributed by atoms with Crippen molar-refractivity contribution in [1.82, 2.24) is 10.1 Å². The molecule has 32 heavy (non-hydrogen) atoms. The number of benzene rings is 3. The van der Waals surface area contributed by atoms with E-state index in [1.807, 2.05) is 42.5 Å². The van der Waals surface area contributed by atoms with Gasteiger partial charge in [0, 0.05) is 15.4 Å². The van der Waals surface area contributed by atoms with Crippen LogP contribution < -0.4 is 9.47 Å². The third-order valence-corrected chi connectivity index (χ3v) is 5.77. The number of hydrogen-bond donors (Lipinski definition) is 0. The minimum absolute atomic E-state index is 0.365. The first kappa shape index (κ1) is 21.5. The predicted molar refractivity (Wildman–Crippen MR) is 120 cm³/mol. The highest BCUT2D eigenvalue weighted by molar-refractivity contribution is 7.99. The Bertz CT molecular complexity index is 1240. The second kappa shape index (κ2) is 9.57. The smallest absolute Gasteiger partial charge is 0.337 e. The molecule has 0 atom stereocenters. The number of methoxy groups -OCH3 is 3. The highest BCUT2D eigenvalue weighted by atomic mass is 32.2. The van der Waals surface area contributed by atoms with Crippen LogP contribution in [0.2, 0.25) is 0 Å². The molecule has 0 amide bonds. The van der Waals surface area contributed by atoms with E-state index >= 15 is 0 Å². The zero-order valence-corrected chi connectivity index (χ0v) is 18.5. The number of carbonyl (C=O) groups excluding carboxylic acids is 1. The van der Waals surface area contributed by atoms with Gasteiger partial charge in [0.1, 0.15) is 0 Å². The van der Waals surface area contributed by atoms with Gasteiger partial charge in [-0.15, -0.1) is 0 Å². The van der Waals surface area contributed by atoms with Crippen molar-refractivity contribution < 1.29 is 23.5 Å². The van der Waals surface area contributed by atoms with Crippen LogP contribution in [-0.4, -0.2) is 37.4 Å². The minimum Gasteiger partial charge on any atom is -0.493 e. The van der Waals surface area contributed by atoms with Crippen molar-refractivity contribution in [3.8, 4) is 34.3 Å². The first-order valence-electron chi connectivity index (χ1n) is 9.64. The molecule has 1 aromatic heterocycles. The molecule has 4 rings (SSSR count). The highest BCUT2D eigenvalue weighted by Crippen LogP contribution is 2.37. The number of ether oxygens (including phenoxy) is 3. The van der Waals surface area contributed by atoms with Crippen LogP contribution in [0.15, 0.2) is 81.0 Å². The van der Waals surface area contributed by atoms with Crippen LogP contribution in [0.5, 0.6) is 11.5 Å². The number of carbonyl (C=O) groups is 1. The molecule has 0 aliphatic heterocycles. The maximum absolute atomic E-state index is 11.6.